The van der Waals surface area contributed by atoms with Crippen molar-refractivity contribution >= 4 is 11.8 Å². The van der Waals surface area contributed by atoms with E-state index in [4.69, 9.17) is 10.00 Å². The molecule has 1 aliphatic carbocycles. The summed E-state index contributed by atoms with van der Waals surface area (Å²) in [6.07, 6.45) is 1.39. The van der Waals surface area contributed by atoms with Crippen LogP contribution in [0.4, 0.5) is 15.0 Å². The molecule has 4 rings (SSSR count). The molecule has 3 atom stereocenters. The van der Waals surface area contributed by atoms with Gasteiger partial charge in [-0.2, -0.15) is 5.26 Å². The summed E-state index contributed by atoms with van der Waals surface area (Å²) in [4.78, 5) is 16.1. The minimum atomic E-state index is -0.385. The second-order valence-corrected chi connectivity index (χ2v) is 5.85. The summed E-state index contributed by atoms with van der Waals surface area (Å²) in [5.74, 6) is 0.951. The highest BCUT2D eigenvalue weighted by Crippen LogP contribution is 2.53. The number of ether oxygens (including phenoxy) is 1. The van der Waals surface area contributed by atoms with Gasteiger partial charge in [-0.3, -0.25) is 5.32 Å². The van der Waals surface area contributed by atoms with Gasteiger partial charge in [0.2, 0.25) is 0 Å². The maximum absolute atomic E-state index is 13.4. The number of carbonyl (C=O) groups excluding carboxylic acids is 1. The van der Waals surface area contributed by atoms with Crippen LogP contribution in [0, 0.1) is 23.1 Å². The van der Waals surface area contributed by atoms with Crippen LogP contribution in [0.5, 0.6) is 5.75 Å². The average Bonchev–Trinajstić information content (AvgIpc) is 3.28. The molecular formula is C17H13FN4O2. The van der Waals surface area contributed by atoms with Crippen LogP contribution in [-0.4, -0.2) is 23.7 Å². The maximum atomic E-state index is 13.4. The molecule has 0 radical (unpaired) electrons. The zero-order valence-electron chi connectivity index (χ0n) is 12.5. The number of nitrogens with one attached hydrogen (secondary N) is 2. The standard InChI is InChI=1S/C17H13FN4O2/c18-10-2-3-13-11(5-10)15-12(8-24-13)16(15)22-17(23)21-14-4-1-9(6-19)7-20-14/h1-5,7,12,15-16H,8H2,(H2,20,21,22,23). The molecule has 24 heavy (non-hydrogen) atoms. The van der Waals surface area contributed by atoms with E-state index >= 15 is 0 Å². The molecule has 6 nitrogen and oxygen atoms in total. The largest absolute Gasteiger partial charge is 0.493 e. The van der Waals surface area contributed by atoms with Crippen molar-refractivity contribution < 1.29 is 13.9 Å². The molecule has 1 aliphatic heterocycles. The molecule has 1 saturated carbocycles. The quantitative estimate of drug-likeness (QED) is 0.888. The zero-order chi connectivity index (χ0) is 16.7. The molecule has 2 aliphatic rings. The molecule has 1 aromatic heterocycles. The minimum absolute atomic E-state index is 0.0733. The number of hydrogen-bond acceptors (Lipinski definition) is 4. The maximum Gasteiger partial charge on any atom is 0.320 e. The number of nitriles is 1. The molecule has 3 unspecified atom stereocenters. The number of pyridine rings is 1. The average molecular weight is 324 g/mol. The minimum Gasteiger partial charge on any atom is -0.493 e. The smallest absolute Gasteiger partial charge is 0.320 e. The summed E-state index contributed by atoms with van der Waals surface area (Å²) in [6, 6.07) is 9.08. The predicted octanol–water partition coefficient (Wildman–Crippen LogP) is 2.39. The highest BCUT2D eigenvalue weighted by atomic mass is 19.1. The number of halogens is 1. The predicted molar refractivity (Wildman–Crippen MR) is 83.0 cm³/mol. The van der Waals surface area contributed by atoms with Crippen molar-refractivity contribution in [3.63, 3.8) is 0 Å². The first-order chi connectivity index (χ1) is 11.7. The van der Waals surface area contributed by atoms with Gasteiger partial charge in [0.1, 0.15) is 23.5 Å². The lowest BCUT2D eigenvalue weighted by molar-refractivity contribution is 0.249. The second-order valence-electron chi connectivity index (χ2n) is 5.85. The Kier molecular flexibility index (Phi) is 3.31. The third-order valence-electron chi connectivity index (χ3n) is 4.36. The first-order valence-electron chi connectivity index (χ1n) is 7.51. The zero-order valence-corrected chi connectivity index (χ0v) is 12.5. The lowest BCUT2D eigenvalue weighted by atomic mass is 10.1. The van der Waals surface area contributed by atoms with E-state index in [-0.39, 0.29) is 29.7 Å². The van der Waals surface area contributed by atoms with Crippen LogP contribution >= 0.6 is 0 Å². The molecule has 2 heterocycles. The summed E-state index contributed by atoms with van der Waals surface area (Å²) in [7, 11) is 0. The van der Waals surface area contributed by atoms with E-state index in [1.54, 1.807) is 18.2 Å². The number of amides is 2. The Morgan fingerprint density at radius 3 is 3.00 bits per heavy atom. The molecule has 0 saturated heterocycles. The van der Waals surface area contributed by atoms with Crippen LogP contribution in [0.1, 0.15) is 17.0 Å². The van der Waals surface area contributed by atoms with E-state index in [0.717, 1.165) is 5.56 Å². The number of nitrogens with zero attached hydrogens (tertiary/aromatic N) is 2. The third kappa shape index (κ3) is 2.52. The van der Waals surface area contributed by atoms with Crippen molar-refractivity contribution in [1.29, 1.82) is 5.26 Å². The summed E-state index contributed by atoms with van der Waals surface area (Å²) in [5.41, 5.74) is 1.22. The first-order valence-corrected chi connectivity index (χ1v) is 7.51. The van der Waals surface area contributed by atoms with Gasteiger partial charge in [-0.25, -0.2) is 14.2 Å². The van der Waals surface area contributed by atoms with Crippen LogP contribution < -0.4 is 15.4 Å². The molecular weight excluding hydrogens is 311 g/mol. The number of carbonyl (C=O) groups is 1. The van der Waals surface area contributed by atoms with Gasteiger partial charge in [0.15, 0.2) is 0 Å². The van der Waals surface area contributed by atoms with Crippen LogP contribution in [0.2, 0.25) is 0 Å². The van der Waals surface area contributed by atoms with Gasteiger partial charge < -0.3 is 10.1 Å². The number of urea groups is 1. The fourth-order valence-electron chi connectivity index (χ4n) is 3.14. The molecule has 2 amide bonds. The summed E-state index contributed by atoms with van der Waals surface area (Å²) in [5, 5.41) is 14.2. The molecule has 2 aromatic rings. The Hall–Kier alpha value is -3.14. The molecule has 0 spiro atoms. The van der Waals surface area contributed by atoms with Crippen LogP contribution in [0.15, 0.2) is 36.5 Å². The Morgan fingerprint density at radius 1 is 1.38 bits per heavy atom. The highest BCUT2D eigenvalue weighted by Gasteiger charge is 2.55. The SMILES string of the molecule is N#Cc1ccc(NC(=O)NC2C3COc4ccc(F)cc4C32)nc1. The van der Waals surface area contributed by atoms with Gasteiger partial charge >= 0.3 is 6.03 Å². The van der Waals surface area contributed by atoms with E-state index in [0.29, 0.717) is 23.7 Å². The molecule has 120 valence electrons. The van der Waals surface area contributed by atoms with Crippen molar-refractivity contribution in [3.05, 3.63) is 53.5 Å². The van der Waals surface area contributed by atoms with Gasteiger partial charge in [-0.05, 0) is 30.3 Å². The number of aromatic nitrogens is 1. The highest BCUT2D eigenvalue weighted by molar-refractivity contribution is 5.88. The second kappa shape index (κ2) is 5.49. The Balaban J connectivity index is 1.42. The number of rotatable bonds is 2. The monoisotopic (exact) mass is 324 g/mol. The van der Waals surface area contributed by atoms with Crippen LogP contribution in [-0.2, 0) is 0 Å². The van der Waals surface area contributed by atoms with Gasteiger partial charge in [0.25, 0.3) is 0 Å². The number of benzene rings is 1. The number of anilines is 1. The van der Waals surface area contributed by atoms with E-state index < -0.39 is 0 Å². The van der Waals surface area contributed by atoms with Crippen molar-refractivity contribution in [2.75, 3.05) is 11.9 Å². The van der Waals surface area contributed by atoms with Crippen molar-refractivity contribution in [1.82, 2.24) is 10.3 Å². The van der Waals surface area contributed by atoms with Crippen molar-refractivity contribution in [3.8, 4) is 11.8 Å². The first kappa shape index (κ1) is 14.5. The van der Waals surface area contributed by atoms with Crippen molar-refractivity contribution in [2.45, 2.75) is 12.0 Å². The van der Waals surface area contributed by atoms with Crippen molar-refractivity contribution in [2.24, 2.45) is 5.92 Å². The van der Waals surface area contributed by atoms with E-state index in [2.05, 4.69) is 15.6 Å². The van der Waals surface area contributed by atoms with Crippen LogP contribution in [0.3, 0.4) is 0 Å². The molecule has 2 N–H and O–H groups in total. The fourth-order valence-corrected chi connectivity index (χ4v) is 3.14. The Labute approximate surface area is 137 Å². The van der Waals surface area contributed by atoms with E-state index in [9.17, 15) is 9.18 Å². The topological polar surface area (TPSA) is 87.0 Å². The summed E-state index contributed by atoms with van der Waals surface area (Å²) < 4.78 is 19.0. The van der Waals surface area contributed by atoms with Crippen LogP contribution in [0.25, 0.3) is 0 Å². The molecule has 1 fully saturated rings. The lowest BCUT2D eigenvalue weighted by Gasteiger charge is -2.15. The van der Waals surface area contributed by atoms with E-state index in [1.807, 2.05) is 6.07 Å². The molecule has 7 heteroatoms. The molecule has 1 aromatic carbocycles. The summed E-state index contributed by atoms with van der Waals surface area (Å²) >= 11 is 0. The Morgan fingerprint density at radius 2 is 2.25 bits per heavy atom. The Bertz CT molecular complexity index is 847. The van der Waals surface area contributed by atoms with E-state index in [1.165, 1.54) is 18.3 Å². The lowest BCUT2D eigenvalue weighted by Crippen LogP contribution is -2.32. The fraction of sp³-hybridized carbons (Fsp3) is 0.235. The number of hydrogen-bond donors (Lipinski definition) is 2. The summed E-state index contributed by atoms with van der Waals surface area (Å²) in [6.45, 7) is 0.503. The number of fused-ring (bicyclic) bond motifs is 3. The normalized spacial score (nSPS) is 23.1. The van der Waals surface area contributed by atoms with Gasteiger partial charge in [-0.1, -0.05) is 0 Å². The van der Waals surface area contributed by atoms with Gasteiger partial charge in [0.05, 0.1) is 12.2 Å². The molecule has 0 bridgehead atoms. The van der Waals surface area contributed by atoms with Gasteiger partial charge in [-0.15, -0.1) is 0 Å². The van der Waals surface area contributed by atoms with Gasteiger partial charge in [0, 0.05) is 29.6 Å². The third-order valence-corrected chi connectivity index (χ3v) is 4.36.